The molecular formula is C10H13N5O5. The van der Waals surface area contributed by atoms with Gasteiger partial charge in [-0.15, -0.1) is 10.1 Å². The lowest BCUT2D eigenvalue weighted by atomic mass is 10.1. The number of nitrogens with two attached hydrogens (primary N) is 2. The number of non-ortho nitro benzene ring substituents is 1. The maximum Gasteiger partial charge on any atom is 0.291 e. The average Bonchev–Trinajstić information content (AvgIpc) is 2.70. The molecule has 20 heavy (non-hydrogen) atoms. The summed E-state index contributed by atoms with van der Waals surface area (Å²) in [7, 11) is 0. The van der Waals surface area contributed by atoms with Gasteiger partial charge < -0.3 is 16.7 Å². The van der Waals surface area contributed by atoms with E-state index in [0.29, 0.717) is 0 Å². The van der Waals surface area contributed by atoms with E-state index in [0.717, 1.165) is 24.0 Å². The molecule has 0 radical (unpaired) electrons. The second-order valence-electron chi connectivity index (χ2n) is 3.99. The van der Waals surface area contributed by atoms with Crippen molar-refractivity contribution in [2.75, 3.05) is 0 Å². The second kappa shape index (κ2) is 6.31. The minimum absolute atomic E-state index is 0.0179. The van der Waals surface area contributed by atoms with Crippen LogP contribution in [0.25, 0.3) is 0 Å². The molecule has 0 amide bonds. The first kappa shape index (κ1) is 15.1. The Morgan fingerprint density at radius 2 is 1.95 bits per heavy atom. The van der Waals surface area contributed by atoms with E-state index in [9.17, 15) is 10.1 Å². The lowest BCUT2D eigenvalue weighted by Gasteiger charge is -2.05. The van der Waals surface area contributed by atoms with E-state index in [1.54, 1.807) is 12.1 Å². The normalized spacial score (nSPS) is 15.5. The third-order valence-electron chi connectivity index (χ3n) is 2.69. The molecule has 0 aromatic heterocycles. The first-order valence-corrected chi connectivity index (χ1v) is 5.50. The molecule has 0 spiro atoms. The second-order valence-corrected chi connectivity index (χ2v) is 3.99. The van der Waals surface area contributed by atoms with Crippen LogP contribution in [-0.2, 0) is 6.42 Å². The van der Waals surface area contributed by atoms with Crippen LogP contribution in [0.3, 0.4) is 0 Å². The number of benzene rings is 1. The first-order chi connectivity index (χ1) is 9.31. The van der Waals surface area contributed by atoms with Gasteiger partial charge >= 0.3 is 0 Å². The molecule has 108 valence electrons. The monoisotopic (exact) mass is 283 g/mol. The zero-order valence-corrected chi connectivity index (χ0v) is 10.3. The number of nitro groups is 1. The summed E-state index contributed by atoms with van der Waals surface area (Å²) in [4.78, 5) is 22.7. The zero-order chi connectivity index (χ0) is 15.3. The SMILES string of the molecule is NC(N)=NC1CCc2ccc([N+](=O)[O-])cc21.O=[N+]([O-])O. The third kappa shape index (κ3) is 4.08. The molecule has 0 heterocycles. The molecule has 10 heteroatoms. The van der Waals surface area contributed by atoms with Crippen LogP contribution >= 0.6 is 0 Å². The Bertz CT molecular complexity index is 551. The van der Waals surface area contributed by atoms with Crippen molar-refractivity contribution in [3.05, 3.63) is 49.6 Å². The van der Waals surface area contributed by atoms with Crippen LogP contribution in [-0.4, -0.2) is 21.2 Å². The van der Waals surface area contributed by atoms with Crippen LogP contribution in [0.5, 0.6) is 0 Å². The molecule has 5 N–H and O–H groups in total. The van der Waals surface area contributed by atoms with E-state index < -0.39 is 10.0 Å². The number of nitrogens with zero attached hydrogens (tertiary/aromatic N) is 3. The van der Waals surface area contributed by atoms with Crippen molar-refractivity contribution < 1.29 is 15.2 Å². The van der Waals surface area contributed by atoms with Crippen LogP contribution in [0, 0.1) is 20.2 Å². The Morgan fingerprint density at radius 1 is 1.35 bits per heavy atom. The summed E-state index contributed by atoms with van der Waals surface area (Å²) < 4.78 is 0. The van der Waals surface area contributed by atoms with Gasteiger partial charge in [0.25, 0.3) is 10.8 Å². The molecule has 1 unspecified atom stereocenters. The van der Waals surface area contributed by atoms with Gasteiger partial charge in [0.1, 0.15) is 0 Å². The molecule has 1 aromatic rings. The van der Waals surface area contributed by atoms with Crippen LogP contribution in [0.1, 0.15) is 23.6 Å². The fourth-order valence-electron chi connectivity index (χ4n) is 2.00. The number of aliphatic imine (C=N–C) groups is 1. The predicted molar refractivity (Wildman–Crippen MR) is 68.7 cm³/mol. The Kier molecular flexibility index (Phi) is 4.78. The molecule has 10 nitrogen and oxygen atoms in total. The summed E-state index contributed by atoms with van der Waals surface area (Å²) in [6.45, 7) is 0. The van der Waals surface area contributed by atoms with E-state index in [2.05, 4.69) is 4.99 Å². The van der Waals surface area contributed by atoms with Gasteiger partial charge in [0.05, 0.1) is 11.0 Å². The molecule has 0 saturated carbocycles. The van der Waals surface area contributed by atoms with Crippen molar-refractivity contribution in [3.8, 4) is 0 Å². The molecular weight excluding hydrogens is 270 g/mol. The van der Waals surface area contributed by atoms with Crippen LogP contribution in [0.15, 0.2) is 23.2 Å². The topological polar surface area (TPSA) is 171 Å². The molecule has 1 atom stereocenters. The highest BCUT2D eigenvalue weighted by Gasteiger charge is 2.24. The fraction of sp³-hybridized carbons (Fsp3) is 0.300. The van der Waals surface area contributed by atoms with Crippen LogP contribution < -0.4 is 11.5 Å². The smallest absolute Gasteiger partial charge is 0.291 e. The molecule has 0 aliphatic heterocycles. The van der Waals surface area contributed by atoms with Gasteiger partial charge in [-0.25, -0.2) is 4.99 Å². The van der Waals surface area contributed by atoms with Crippen molar-refractivity contribution in [2.45, 2.75) is 18.9 Å². The van der Waals surface area contributed by atoms with Gasteiger partial charge in [0.2, 0.25) is 0 Å². The predicted octanol–water partition coefficient (Wildman–Crippen LogP) is 0.508. The molecule has 1 aliphatic rings. The molecule has 0 saturated heterocycles. The van der Waals surface area contributed by atoms with Gasteiger partial charge in [-0.1, -0.05) is 6.07 Å². The Labute approximate surface area is 113 Å². The number of aryl methyl sites for hydroxylation is 1. The average molecular weight is 283 g/mol. The molecule has 0 bridgehead atoms. The number of rotatable bonds is 2. The quantitative estimate of drug-likeness (QED) is 0.307. The van der Waals surface area contributed by atoms with Gasteiger partial charge in [-0.3, -0.25) is 10.1 Å². The van der Waals surface area contributed by atoms with Crippen molar-refractivity contribution in [1.82, 2.24) is 0 Å². The fourth-order valence-corrected chi connectivity index (χ4v) is 2.00. The summed E-state index contributed by atoms with van der Waals surface area (Å²) in [5, 5.41) is 24.3. The van der Waals surface area contributed by atoms with Crippen molar-refractivity contribution >= 4 is 11.6 Å². The van der Waals surface area contributed by atoms with Crippen LogP contribution in [0.2, 0.25) is 0 Å². The van der Waals surface area contributed by atoms with E-state index in [1.165, 1.54) is 6.07 Å². The first-order valence-electron chi connectivity index (χ1n) is 5.50. The number of hydrogen-bond acceptors (Lipinski definition) is 5. The lowest BCUT2D eigenvalue weighted by molar-refractivity contribution is -0.742. The van der Waals surface area contributed by atoms with Crippen LogP contribution in [0.4, 0.5) is 5.69 Å². The Morgan fingerprint density at radius 3 is 2.45 bits per heavy atom. The van der Waals surface area contributed by atoms with Crippen molar-refractivity contribution in [2.24, 2.45) is 16.5 Å². The molecule has 1 aliphatic carbocycles. The van der Waals surface area contributed by atoms with Crippen molar-refractivity contribution in [3.63, 3.8) is 0 Å². The standard InChI is InChI=1S/C10H12N4O2.HNO3/c11-10(12)13-9-4-2-6-1-3-7(14(15)16)5-8(6)9;2-1(3)4/h1,3,5,9H,2,4H2,(H4,11,12,13);(H,2,3,4). The minimum Gasteiger partial charge on any atom is -0.370 e. The summed E-state index contributed by atoms with van der Waals surface area (Å²) in [6, 6.07) is 4.70. The maximum atomic E-state index is 10.7. The molecule has 1 aromatic carbocycles. The van der Waals surface area contributed by atoms with E-state index in [1.807, 2.05) is 0 Å². The Balaban J connectivity index is 0.000000444. The minimum atomic E-state index is -1.50. The number of nitro benzene ring substituents is 1. The van der Waals surface area contributed by atoms with E-state index in [4.69, 9.17) is 26.8 Å². The summed E-state index contributed by atoms with van der Waals surface area (Å²) in [5.74, 6) is 0.0179. The number of hydrogen-bond donors (Lipinski definition) is 3. The number of guanidine groups is 1. The summed E-state index contributed by atoms with van der Waals surface area (Å²) >= 11 is 0. The van der Waals surface area contributed by atoms with Gasteiger partial charge in [0.15, 0.2) is 5.96 Å². The van der Waals surface area contributed by atoms with Gasteiger partial charge in [0, 0.05) is 12.1 Å². The summed E-state index contributed by atoms with van der Waals surface area (Å²) in [5.41, 5.74) is 12.7. The Hall–Kier alpha value is -2.91. The largest absolute Gasteiger partial charge is 0.370 e. The van der Waals surface area contributed by atoms with E-state index in [-0.39, 0.29) is 17.7 Å². The zero-order valence-electron chi connectivity index (χ0n) is 10.3. The van der Waals surface area contributed by atoms with Gasteiger partial charge in [-0.05, 0) is 24.0 Å². The highest BCUT2D eigenvalue weighted by Crippen LogP contribution is 2.35. The number of fused-ring (bicyclic) bond motifs is 1. The summed E-state index contributed by atoms with van der Waals surface area (Å²) in [6.07, 6.45) is 1.66. The molecule has 0 fully saturated rings. The van der Waals surface area contributed by atoms with E-state index >= 15 is 0 Å². The van der Waals surface area contributed by atoms with Gasteiger partial charge in [-0.2, -0.15) is 0 Å². The molecule has 2 rings (SSSR count). The highest BCUT2D eigenvalue weighted by atomic mass is 16.9. The maximum absolute atomic E-state index is 10.7. The lowest BCUT2D eigenvalue weighted by Crippen LogP contribution is -2.23. The highest BCUT2D eigenvalue weighted by molar-refractivity contribution is 5.76. The third-order valence-corrected chi connectivity index (χ3v) is 2.69. The van der Waals surface area contributed by atoms with Crippen molar-refractivity contribution in [1.29, 1.82) is 0 Å².